The molecule has 7 heteroatoms. The van der Waals surface area contributed by atoms with Gasteiger partial charge < -0.3 is 9.80 Å². The van der Waals surface area contributed by atoms with Crippen LogP contribution >= 0.6 is 0 Å². The maximum absolute atomic E-state index is 14.2. The normalized spacial score (nSPS) is 14.5. The number of piperazine rings is 1. The number of aryl methyl sites for hydroxylation is 2. The molecule has 2 aromatic rings. The fourth-order valence-corrected chi connectivity index (χ4v) is 3.04. The Morgan fingerprint density at radius 1 is 1.04 bits per heavy atom. The summed E-state index contributed by atoms with van der Waals surface area (Å²) in [5.74, 6) is 0.292. The van der Waals surface area contributed by atoms with Gasteiger partial charge in [-0.05, 0) is 31.0 Å². The van der Waals surface area contributed by atoms with Crippen molar-refractivity contribution in [2.45, 2.75) is 26.7 Å². The van der Waals surface area contributed by atoms with Gasteiger partial charge in [-0.2, -0.15) is 10.4 Å². The van der Waals surface area contributed by atoms with Crippen LogP contribution in [0, 0.1) is 17.1 Å². The zero-order valence-electron chi connectivity index (χ0n) is 14.5. The van der Waals surface area contributed by atoms with Crippen LogP contribution in [-0.4, -0.2) is 41.4 Å². The maximum atomic E-state index is 14.2. The number of hydrogen-bond donors (Lipinski definition) is 0. The molecule has 6 nitrogen and oxygen atoms in total. The van der Waals surface area contributed by atoms with Gasteiger partial charge in [0.2, 0.25) is 5.95 Å². The van der Waals surface area contributed by atoms with E-state index >= 15 is 0 Å². The van der Waals surface area contributed by atoms with Gasteiger partial charge in [-0.1, -0.05) is 13.8 Å². The van der Waals surface area contributed by atoms with E-state index in [1.807, 2.05) is 11.0 Å². The molecule has 0 atom stereocenters. The molecule has 0 unspecified atom stereocenters. The van der Waals surface area contributed by atoms with E-state index < -0.39 is 0 Å². The Hall–Kier alpha value is -2.75. The van der Waals surface area contributed by atoms with E-state index in [4.69, 9.17) is 5.26 Å². The summed E-state index contributed by atoms with van der Waals surface area (Å²) < 4.78 is 14.2. The third-order valence-corrected chi connectivity index (χ3v) is 4.48. The quantitative estimate of drug-likeness (QED) is 0.851. The average molecular weight is 340 g/mol. The first-order chi connectivity index (χ1) is 12.2. The third-order valence-electron chi connectivity index (χ3n) is 4.48. The Kier molecular flexibility index (Phi) is 5.08. The van der Waals surface area contributed by atoms with Crippen molar-refractivity contribution in [1.82, 2.24) is 15.2 Å². The molecule has 0 spiro atoms. The Labute approximate surface area is 146 Å². The predicted molar refractivity (Wildman–Crippen MR) is 94.1 cm³/mol. The minimum atomic E-state index is -0.356. The van der Waals surface area contributed by atoms with Gasteiger partial charge in [-0.15, -0.1) is 5.10 Å². The van der Waals surface area contributed by atoms with Crippen molar-refractivity contribution in [3.63, 3.8) is 0 Å². The number of halogens is 1. The largest absolute Gasteiger partial charge is 0.366 e. The molecule has 3 rings (SSSR count). The van der Waals surface area contributed by atoms with Crippen molar-refractivity contribution >= 4 is 11.6 Å². The molecular formula is C18H21FN6. The summed E-state index contributed by atoms with van der Waals surface area (Å²) >= 11 is 0. The lowest BCUT2D eigenvalue weighted by atomic mass is 10.2. The molecule has 1 aromatic heterocycles. The first kappa shape index (κ1) is 17.1. The van der Waals surface area contributed by atoms with Crippen molar-refractivity contribution in [2.75, 3.05) is 36.0 Å². The van der Waals surface area contributed by atoms with Gasteiger partial charge in [-0.25, -0.2) is 9.37 Å². The second-order valence-corrected chi connectivity index (χ2v) is 5.96. The molecule has 0 amide bonds. The molecule has 0 bridgehead atoms. The zero-order valence-corrected chi connectivity index (χ0v) is 14.5. The van der Waals surface area contributed by atoms with Crippen LogP contribution in [0.2, 0.25) is 0 Å². The van der Waals surface area contributed by atoms with Crippen LogP contribution in [0.1, 0.15) is 30.8 Å². The molecule has 1 saturated heterocycles. The third kappa shape index (κ3) is 3.53. The van der Waals surface area contributed by atoms with E-state index in [0.717, 1.165) is 24.2 Å². The average Bonchev–Trinajstić information content (AvgIpc) is 2.67. The van der Waals surface area contributed by atoms with Gasteiger partial charge in [0.25, 0.3) is 0 Å². The van der Waals surface area contributed by atoms with E-state index in [2.05, 4.69) is 33.9 Å². The van der Waals surface area contributed by atoms with Gasteiger partial charge in [0, 0.05) is 26.2 Å². The smallest absolute Gasteiger partial charge is 0.245 e. The van der Waals surface area contributed by atoms with Crippen LogP contribution in [0.4, 0.5) is 16.0 Å². The van der Waals surface area contributed by atoms with Crippen LogP contribution in [0.5, 0.6) is 0 Å². The van der Waals surface area contributed by atoms with E-state index in [9.17, 15) is 4.39 Å². The summed E-state index contributed by atoms with van der Waals surface area (Å²) in [6, 6.07) is 6.56. The predicted octanol–water partition coefficient (Wildman–Crippen LogP) is 2.33. The Morgan fingerprint density at radius 2 is 1.72 bits per heavy atom. The molecule has 25 heavy (non-hydrogen) atoms. The molecule has 0 radical (unpaired) electrons. The molecule has 130 valence electrons. The summed E-state index contributed by atoms with van der Waals surface area (Å²) in [6.45, 7) is 6.87. The lowest BCUT2D eigenvalue weighted by Crippen LogP contribution is -2.47. The molecule has 1 aliphatic heterocycles. The van der Waals surface area contributed by atoms with Gasteiger partial charge in [0.05, 0.1) is 28.7 Å². The highest BCUT2D eigenvalue weighted by atomic mass is 19.1. The summed E-state index contributed by atoms with van der Waals surface area (Å²) in [5, 5.41) is 17.4. The number of nitrogens with zero attached hydrogens (tertiary/aromatic N) is 6. The Morgan fingerprint density at radius 3 is 2.32 bits per heavy atom. The number of benzene rings is 1. The minimum absolute atomic E-state index is 0.336. The lowest BCUT2D eigenvalue weighted by Gasteiger charge is -2.36. The maximum Gasteiger partial charge on any atom is 0.245 e. The zero-order chi connectivity index (χ0) is 17.8. The summed E-state index contributed by atoms with van der Waals surface area (Å²) in [6.07, 6.45) is 1.66. The standard InChI is InChI=1S/C18H21FN6/c1-3-15-16(4-2)22-23-18(21-15)25-9-7-24(8-10-25)17-6-5-13(12-20)11-14(17)19/h5-6,11H,3-4,7-10H2,1-2H3. The molecule has 1 aliphatic rings. The van der Waals surface area contributed by atoms with Crippen molar-refractivity contribution in [1.29, 1.82) is 5.26 Å². The van der Waals surface area contributed by atoms with Crippen LogP contribution < -0.4 is 9.80 Å². The number of aromatic nitrogens is 3. The van der Waals surface area contributed by atoms with Crippen LogP contribution in [0.15, 0.2) is 18.2 Å². The van der Waals surface area contributed by atoms with Crippen molar-refractivity contribution in [3.8, 4) is 6.07 Å². The van der Waals surface area contributed by atoms with E-state index in [0.29, 0.717) is 43.4 Å². The van der Waals surface area contributed by atoms with Crippen LogP contribution in [0.3, 0.4) is 0 Å². The lowest BCUT2D eigenvalue weighted by molar-refractivity contribution is 0.590. The highest BCUT2D eigenvalue weighted by Crippen LogP contribution is 2.23. The van der Waals surface area contributed by atoms with Gasteiger partial charge in [-0.3, -0.25) is 0 Å². The second-order valence-electron chi connectivity index (χ2n) is 5.96. The van der Waals surface area contributed by atoms with E-state index in [-0.39, 0.29) is 5.82 Å². The molecule has 1 aromatic carbocycles. The van der Waals surface area contributed by atoms with Crippen LogP contribution in [-0.2, 0) is 12.8 Å². The van der Waals surface area contributed by atoms with Gasteiger partial charge >= 0.3 is 0 Å². The molecule has 0 saturated carbocycles. The number of anilines is 2. The van der Waals surface area contributed by atoms with E-state index in [1.165, 1.54) is 6.07 Å². The summed E-state index contributed by atoms with van der Waals surface area (Å²) in [5.41, 5.74) is 2.81. The molecule has 1 fully saturated rings. The van der Waals surface area contributed by atoms with Crippen molar-refractivity contribution in [2.24, 2.45) is 0 Å². The molecular weight excluding hydrogens is 319 g/mol. The highest BCUT2D eigenvalue weighted by Gasteiger charge is 2.22. The molecule has 0 aliphatic carbocycles. The van der Waals surface area contributed by atoms with E-state index in [1.54, 1.807) is 12.1 Å². The Balaban J connectivity index is 1.71. The molecule has 0 N–H and O–H groups in total. The SMILES string of the molecule is CCc1nnc(N2CCN(c3ccc(C#N)cc3F)CC2)nc1CC. The summed E-state index contributed by atoms with van der Waals surface area (Å²) in [4.78, 5) is 8.72. The van der Waals surface area contributed by atoms with Crippen molar-refractivity contribution < 1.29 is 4.39 Å². The van der Waals surface area contributed by atoms with Crippen LogP contribution in [0.25, 0.3) is 0 Å². The summed E-state index contributed by atoms with van der Waals surface area (Å²) in [7, 11) is 0. The highest BCUT2D eigenvalue weighted by molar-refractivity contribution is 5.52. The number of rotatable bonds is 4. The second kappa shape index (κ2) is 7.43. The topological polar surface area (TPSA) is 68.9 Å². The fraction of sp³-hybridized carbons (Fsp3) is 0.444. The monoisotopic (exact) mass is 340 g/mol. The number of hydrogen-bond acceptors (Lipinski definition) is 6. The minimum Gasteiger partial charge on any atom is -0.366 e. The molecule has 2 heterocycles. The van der Waals surface area contributed by atoms with Gasteiger partial charge in [0.1, 0.15) is 5.82 Å². The first-order valence-corrected chi connectivity index (χ1v) is 8.58. The van der Waals surface area contributed by atoms with Gasteiger partial charge in [0.15, 0.2) is 0 Å². The first-order valence-electron chi connectivity index (χ1n) is 8.58. The Bertz CT molecular complexity index is 793. The number of nitriles is 1. The fourth-order valence-electron chi connectivity index (χ4n) is 3.04. The van der Waals surface area contributed by atoms with Crippen molar-refractivity contribution in [3.05, 3.63) is 41.0 Å².